The van der Waals surface area contributed by atoms with E-state index in [1.165, 1.54) is 0 Å². The predicted molar refractivity (Wildman–Crippen MR) is 81.7 cm³/mol. The Bertz CT molecular complexity index is 401. The van der Waals surface area contributed by atoms with Gasteiger partial charge in [-0.1, -0.05) is 26.0 Å². The van der Waals surface area contributed by atoms with Crippen LogP contribution in [0.15, 0.2) is 24.3 Å². The van der Waals surface area contributed by atoms with Gasteiger partial charge < -0.3 is 10.2 Å². The van der Waals surface area contributed by atoms with Gasteiger partial charge in [-0.2, -0.15) is 0 Å². The van der Waals surface area contributed by atoms with Crippen molar-refractivity contribution in [3.8, 4) is 0 Å². The normalized spacial score (nSPS) is 10.6. The Labute approximate surface area is 117 Å². The number of nitrogens with zero attached hydrogens (tertiary/aromatic N) is 1. The zero-order chi connectivity index (χ0) is 14.3. The van der Waals surface area contributed by atoms with Crippen molar-refractivity contribution in [3.63, 3.8) is 0 Å². The van der Waals surface area contributed by atoms with E-state index >= 15 is 0 Å². The summed E-state index contributed by atoms with van der Waals surface area (Å²) in [6.07, 6.45) is 2.03. The van der Waals surface area contributed by atoms with Crippen LogP contribution < -0.4 is 5.32 Å². The van der Waals surface area contributed by atoms with Crippen LogP contribution in [0.2, 0.25) is 0 Å². The number of nitrogens with one attached hydrogen (secondary N) is 1. The first-order chi connectivity index (χ1) is 9.11. The Morgan fingerprint density at radius 2 is 1.89 bits per heavy atom. The molecule has 0 bridgehead atoms. The third-order valence-corrected chi connectivity index (χ3v) is 3.07. The molecule has 1 aromatic rings. The van der Waals surface area contributed by atoms with Gasteiger partial charge in [0.2, 0.25) is 0 Å². The number of rotatable bonds is 7. The van der Waals surface area contributed by atoms with Gasteiger partial charge in [-0.3, -0.25) is 4.79 Å². The molecular weight excluding hydrogens is 236 g/mol. The van der Waals surface area contributed by atoms with E-state index in [9.17, 15) is 4.79 Å². The lowest BCUT2D eigenvalue weighted by atomic mass is 10.1. The molecule has 0 spiro atoms. The van der Waals surface area contributed by atoms with Crippen LogP contribution in [0.1, 0.15) is 50.9 Å². The number of benzene rings is 1. The summed E-state index contributed by atoms with van der Waals surface area (Å²) >= 11 is 0. The molecular formula is C16H26N2O. The second-order valence-corrected chi connectivity index (χ2v) is 5.06. The summed E-state index contributed by atoms with van der Waals surface area (Å²) in [5.74, 6) is 0.121. The second kappa shape index (κ2) is 7.82. The van der Waals surface area contributed by atoms with E-state index in [4.69, 9.17) is 0 Å². The molecule has 0 atom stereocenters. The summed E-state index contributed by atoms with van der Waals surface area (Å²) < 4.78 is 0. The minimum atomic E-state index is 0.121. The van der Waals surface area contributed by atoms with Crippen LogP contribution in [0.5, 0.6) is 0 Å². The number of carbonyl (C=O) groups is 1. The van der Waals surface area contributed by atoms with Gasteiger partial charge in [0.25, 0.3) is 5.91 Å². The van der Waals surface area contributed by atoms with E-state index in [1.54, 1.807) is 0 Å². The van der Waals surface area contributed by atoms with E-state index in [0.29, 0.717) is 0 Å². The molecule has 0 radical (unpaired) electrons. The molecule has 0 saturated carbocycles. The number of hydrogen-bond acceptors (Lipinski definition) is 2. The number of anilines is 1. The maximum Gasteiger partial charge on any atom is 0.256 e. The highest BCUT2D eigenvalue weighted by Gasteiger charge is 2.20. The van der Waals surface area contributed by atoms with Crippen LogP contribution in [0, 0.1) is 0 Å². The summed E-state index contributed by atoms with van der Waals surface area (Å²) in [6.45, 7) is 10.0. The molecule has 0 aromatic heterocycles. The fourth-order valence-electron chi connectivity index (χ4n) is 2.07. The Balaban J connectivity index is 2.96. The molecule has 0 heterocycles. The van der Waals surface area contributed by atoms with Crippen LogP contribution in [0.4, 0.5) is 5.69 Å². The summed E-state index contributed by atoms with van der Waals surface area (Å²) in [5.41, 5.74) is 1.72. The van der Waals surface area contributed by atoms with Gasteiger partial charge in [0.1, 0.15) is 0 Å². The van der Waals surface area contributed by atoms with Crippen molar-refractivity contribution < 1.29 is 4.79 Å². The molecule has 0 fully saturated rings. The highest BCUT2D eigenvalue weighted by molar-refractivity contribution is 5.99. The first kappa shape index (κ1) is 15.5. The van der Waals surface area contributed by atoms with Crippen molar-refractivity contribution in [2.24, 2.45) is 0 Å². The molecule has 1 amide bonds. The van der Waals surface area contributed by atoms with Gasteiger partial charge in [0.05, 0.1) is 5.56 Å². The molecule has 3 heteroatoms. The SMILES string of the molecule is CCCNc1ccccc1C(=O)N(CCC)C(C)C. The molecule has 1 aromatic carbocycles. The van der Waals surface area contributed by atoms with E-state index in [0.717, 1.165) is 37.2 Å². The lowest BCUT2D eigenvalue weighted by molar-refractivity contribution is 0.0707. The van der Waals surface area contributed by atoms with Gasteiger partial charge in [0.15, 0.2) is 0 Å². The molecule has 1 rings (SSSR count). The Morgan fingerprint density at radius 1 is 1.21 bits per heavy atom. The van der Waals surface area contributed by atoms with Crippen molar-refractivity contribution in [1.82, 2.24) is 4.90 Å². The van der Waals surface area contributed by atoms with Crippen molar-refractivity contribution in [3.05, 3.63) is 29.8 Å². The molecule has 106 valence electrons. The summed E-state index contributed by atoms with van der Waals surface area (Å²) in [6, 6.07) is 8.01. The molecule has 0 aliphatic heterocycles. The topological polar surface area (TPSA) is 32.3 Å². The van der Waals surface area contributed by atoms with Gasteiger partial charge in [-0.15, -0.1) is 0 Å². The average Bonchev–Trinajstić information content (AvgIpc) is 2.41. The minimum absolute atomic E-state index is 0.121. The lowest BCUT2D eigenvalue weighted by Crippen LogP contribution is -2.37. The molecule has 0 saturated heterocycles. The number of hydrogen-bond donors (Lipinski definition) is 1. The number of amides is 1. The van der Waals surface area contributed by atoms with Crippen molar-refractivity contribution in [2.75, 3.05) is 18.4 Å². The monoisotopic (exact) mass is 262 g/mol. The molecule has 0 aliphatic rings. The maximum absolute atomic E-state index is 12.6. The molecule has 1 N–H and O–H groups in total. The summed E-state index contributed by atoms with van der Waals surface area (Å²) in [4.78, 5) is 14.6. The van der Waals surface area contributed by atoms with E-state index in [-0.39, 0.29) is 11.9 Å². The highest BCUT2D eigenvalue weighted by atomic mass is 16.2. The Hall–Kier alpha value is -1.51. The van der Waals surface area contributed by atoms with Gasteiger partial charge in [-0.25, -0.2) is 0 Å². The number of para-hydroxylation sites is 1. The first-order valence-electron chi connectivity index (χ1n) is 7.25. The fourth-order valence-corrected chi connectivity index (χ4v) is 2.07. The zero-order valence-electron chi connectivity index (χ0n) is 12.6. The quantitative estimate of drug-likeness (QED) is 0.811. The van der Waals surface area contributed by atoms with E-state index in [2.05, 4.69) is 33.0 Å². The minimum Gasteiger partial charge on any atom is -0.384 e. The first-order valence-corrected chi connectivity index (χ1v) is 7.25. The van der Waals surface area contributed by atoms with Gasteiger partial charge in [0, 0.05) is 24.8 Å². The van der Waals surface area contributed by atoms with Crippen LogP contribution in [0.3, 0.4) is 0 Å². The third-order valence-electron chi connectivity index (χ3n) is 3.07. The van der Waals surface area contributed by atoms with Gasteiger partial charge in [-0.05, 0) is 38.8 Å². The molecule has 0 unspecified atom stereocenters. The second-order valence-electron chi connectivity index (χ2n) is 5.06. The highest BCUT2D eigenvalue weighted by Crippen LogP contribution is 2.18. The van der Waals surface area contributed by atoms with Crippen LogP contribution in [-0.2, 0) is 0 Å². The molecule has 3 nitrogen and oxygen atoms in total. The van der Waals surface area contributed by atoms with Crippen molar-refractivity contribution >= 4 is 11.6 Å². The van der Waals surface area contributed by atoms with Crippen LogP contribution in [-0.4, -0.2) is 29.9 Å². The largest absolute Gasteiger partial charge is 0.384 e. The summed E-state index contributed by atoms with van der Waals surface area (Å²) in [7, 11) is 0. The Morgan fingerprint density at radius 3 is 2.47 bits per heavy atom. The van der Waals surface area contributed by atoms with E-state index in [1.807, 2.05) is 29.2 Å². The summed E-state index contributed by atoms with van der Waals surface area (Å²) in [5, 5.41) is 3.33. The third kappa shape index (κ3) is 4.27. The smallest absolute Gasteiger partial charge is 0.256 e. The fraction of sp³-hybridized carbons (Fsp3) is 0.562. The molecule has 0 aliphatic carbocycles. The average molecular weight is 262 g/mol. The van der Waals surface area contributed by atoms with Gasteiger partial charge >= 0.3 is 0 Å². The number of carbonyl (C=O) groups excluding carboxylic acids is 1. The lowest BCUT2D eigenvalue weighted by Gasteiger charge is -2.27. The predicted octanol–water partition coefficient (Wildman–Crippen LogP) is 3.77. The van der Waals surface area contributed by atoms with Crippen LogP contribution in [0.25, 0.3) is 0 Å². The molecule has 19 heavy (non-hydrogen) atoms. The van der Waals surface area contributed by atoms with Crippen molar-refractivity contribution in [2.45, 2.75) is 46.6 Å². The zero-order valence-corrected chi connectivity index (χ0v) is 12.6. The standard InChI is InChI=1S/C16H26N2O/c1-5-11-17-15-10-8-7-9-14(15)16(19)18(12-6-2)13(3)4/h7-10,13,17H,5-6,11-12H2,1-4H3. The maximum atomic E-state index is 12.6. The Kier molecular flexibility index (Phi) is 6.40. The van der Waals surface area contributed by atoms with E-state index < -0.39 is 0 Å². The van der Waals surface area contributed by atoms with Crippen molar-refractivity contribution in [1.29, 1.82) is 0 Å². The van der Waals surface area contributed by atoms with Crippen LogP contribution >= 0.6 is 0 Å².